The number of carboxylic acids is 2. The Balaban J connectivity index is -0.000000147. The topological polar surface area (TPSA) is 94.8 Å². The fourth-order valence-electron chi connectivity index (χ4n) is 0.214. The Hall–Kier alpha value is -1.10. The molecule has 0 amide bonds. The van der Waals surface area contributed by atoms with Gasteiger partial charge in [-0.25, -0.2) is 0 Å². The molecule has 0 fully saturated rings. The highest BCUT2D eigenvalue weighted by Gasteiger charge is 1.87. The molecule has 5 nitrogen and oxygen atoms in total. The number of aliphatic carboxylic acids is 2. The number of aliphatic hydroxyl groups excluding tert-OH is 1. The van der Waals surface area contributed by atoms with Gasteiger partial charge in [0, 0.05) is 19.4 Å². The first-order valence-corrected chi connectivity index (χ1v) is 5.00. The number of aliphatic hydroxyl groups is 1. The summed E-state index contributed by atoms with van der Waals surface area (Å²) in [5.74, 6) is -1.46. The molecule has 15 heavy (non-hydrogen) atoms. The quantitative estimate of drug-likeness (QED) is 0.673. The molecule has 0 aliphatic rings. The van der Waals surface area contributed by atoms with Crippen molar-refractivity contribution in [3.05, 3.63) is 0 Å². The van der Waals surface area contributed by atoms with Crippen molar-refractivity contribution in [3.8, 4) is 0 Å². The second-order valence-corrected chi connectivity index (χ2v) is 2.61. The van der Waals surface area contributed by atoms with Gasteiger partial charge >= 0.3 is 11.9 Å². The predicted octanol–water partition coefficient (Wildman–Crippen LogP) is 1.74. The summed E-state index contributed by atoms with van der Waals surface area (Å²) in [7, 11) is 0. The molecule has 0 rings (SSSR count). The van der Waals surface area contributed by atoms with Gasteiger partial charge in [-0.3, -0.25) is 9.59 Å². The standard InChI is InChI=1S/C4H8O2.C3H6O2.C3H8O/c1-2-3-4(5)6;1-2-3(4)5;1-2-3-4/h2-3H2,1H3,(H,5,6);2H2,1H3,(H,4,5);4H,2-3H2,1H3. The van der Waals surface area contributed by atoms with E-state index in [-0.39, 0.29) is 6.42 Å². The molecule has 0 aromatic carbocycles. The number of rotatable bonds is 4. The molecule has 0 atom stereocenters. The number of hydrogen-bond acceptors (Lipinski definition) is 3. The lowest BCUT2D eigenvalue weighted by Gasteiger charge is -1.79. The van der Waals surface area contributed by atoms with E-state index >= 15 is 0 Å². The third kappa shape index (κ3) is 63.8. The van der Waals surface area contributed by atoms with Crippen LogP contribution in [0, 0.1) is 0 Å². The highest BCUT2D eigenvalue weighted by atomic mass is 16.4. The molecule has 0 spiro atoms. The molecule has 0 aliphatic carbocycles. The summed E-state index contributed by atoms with van der Waals surface area (Å²) >= 11 is 0. The number of carbonyl (C=O) groups is 2. The van der Waals surface area contributed by atoms with Gasteiger partial charge in [0.2, 0.25) is 0 Å². The maximum absolute atomic E-state index is 9.60. The zero-order valence-corrected chi connectivity index (χ0v) is 9.69. The summed E-state index contributed by atoms with van der Waals surface area (Å²) < 4.78 is 0. The SMILES string of the molecule is CCC(=O)O.CCCC(=O)O.CCCO. The van der Waals surface area contributed by atoms with Gasteiger partial charge in [0.1, 0.15) is 0 Å². The van der Waals surface area contributed by atoms with Crippen molar-refractivity contribution < 1.29 is 24.9 Å². The molecule has 0 radical (unpaired) electrons. The number of hydrogen-bond donors (Lipinski definition) is 3. The van der Waals surface area contributed by atoms with E-state index < -0.39 is 11.9 Å². The Bertz CT molecular complexity index is 143. The van der Waals surface area contributed by atoms with Gasteiger partial charge in [0.15, 0.2) is 0 Å². The van der Waals surface area contributed by atoms with Crippen LogP contribution in [0.5, 0.6) is 0 Å². The Kier molecular flexibility index (Phi) is 24.2. The van der Waals surface area contributed by atoms with Crippen LogP contribution in [0.2, 0.25) is 0 Å². The fraction of sp³-hybridized carbons (Fsp3) is 0.800. The predicted molar refractivity (Wildman–Crippen MR) is 57.8 cm³/mol. The van der Waals surface area contributed by atoms with Crippen molar-refractivity contribution in [1.82, 2.24) is 0 Å². The summed E-state index contributed by atoms with van der Waals surface area (Å²) in [6.45, 7) is 5.69. The summed E-state index contributed by atoms with van der Waals surface area (Å²) in [6.07, 6.45) is 2.12. The van der Waals surface area contributed by atoms with E-state index in [1.165, 1.54) is 0 Å². The van der Waals surface area contributed by atoms with Crippen LogP contribution in [0.4, 0.5) is 0 Å². The van der Waals surface area contributed by atoms with Gasteiger partial charge in [0.25, 0.3) is 0 Å². The lowest BCUT2D eigenvalue weighted by molar-refractivity contribution is -0.137. The van der Waals surface area contributed by atoms with Gasteiger partial charge in [-0.15, -0.1) is 0 Å². The Morgan fingerprint density at radius 3 is 1.27 bits per heavy atom. The lowest BCUT2D eigenvalue weighted by atomic mass is 10.4. The van der Waals surface area contributed by atoms with Gasteiger partial charge in [-0.05, 0) is 12.8 Å². The Morgan fingerprint density at radius 2 is 1.27 bits per heavy atom. The lowest BCUT2D eigenvalue weighted by Crippen LogP contribution is -1.90. The molecule has 0 aromatic heterocycles. The van der Waals surface area contributed by atoms with Gasteiger partial charge in [-0.2, -0.15) is 0 Å². The maximum atomic E-state index is 9.60. The zero-order valence-electron chi connectivity index (χ0n) is 9.69. The molecule has 0 aromatic rings. The third-order valence-electron chi connectivity index (χ3n) is 0.990. The first kappa shape index (κ1) is 19.5. The molecule has 3 N–H and O–H groups in total. The summed E-state index contributed by atoms with van der Waals surface area (Å²) in [5.41, 5.74) is 0. The molecule has 0 bridgehead atoms. The molecule has 92 valence electrons. The molecule has 0 heterocycles. The van der Waals surface area contributed by atoms with Crippen molar-refractivity contribution in [2.24, 2.45) is 0 Å². The van der Waals surface area contributed by atoms with E-state index in [9.17, 15) is 9.59 Å². The monoisotopic (exact) mass is 222 g/mol. The van der Waals surface area contributed by atoms with Crippen LogP contribution in [0.15, 0.2) is 0 Å². The van der Waals surface area contributed by atoms with Crippen molar-refractivity contribution in [3.63, 3.8) is 0 Å². The minimum Gasteiger partial charge on any atom is -0.481 e. The van der Waals surface area contributed by atoms with Crippen LogP contribution in [0.3, 0.4) is 0 Å². The van der Waals surface area contributed by atoms with E-state index in [1.807, 2.05) is 13.8 Å². The van der Waals surface area contributed by atoms with Crippen molar-refractivity contribution in [2.75, 3.05) is 6.61 Å². The van der Waals surface area contributed by atoms with Crippen LogP contribution < -0.4 is 0 Å². The average molecular weight is 222 g/mol. The van der Waals surface area contributed by atoms with Gasteiger partial charge < -0.3 is 15.3 Å². The molecule has 5 heteroatoms. The van der Waals surface area contributed by atoms with Crippen molar-refractivity contribution in [2.45, 2.75) is 46.5 Å². The van der Waals surface area contributed by atoms with Gasteiger partial charge in [0.05, 0.1) is 0 Å². The fourth-order valence-corrected chi connectivity index (χ4v) is 0.214. The van der Waals surface area contributed by atoms with Crippen LogP contribution in [0.1, 0.15) is 46.5 Å². The normalized spacial score (nSPS) is 7.73. The summed E-state index contributed by atoms with van der Waals surface area (Å²) in [5, 5.41) is 23.5. The largest absolute Gasteiger partial charge is 0.481 e. The minimum absolute atomic E-state index is 0.222. The van der Waals surface area contributed by atoms with Crippen LogP contribution in [0.25, 0.3) is 0 Å². The third-order valence-corrected chi connectivity index (χ3v) is 0.990. The minimum atomic E-state index is -0.745. The van der Waals surface area contributed by atoms with E-state index in [0.717, 1.165) is 12.8 Å². The smallest absolute Gasteiger partial charge is 0.303 e. The van der Waals surface area contributed by atoms with E-state index in [4.69, 9.17) is 15.3 Å². The van der Waals surface area contributed by atoms with Crippen molar-refractivity contribution in [1.29, 1.82) is 0 Å². The zero-order chi connectivity index (χ0) is 12.7. The molecule has 0 aliphatic heterocycles. The highest BCUT2D eigenvalue weighted by Crippen LogP contribution is 1.82. The highest BCUT2D eigenvalue weighted by molar-refractivity contribution is 5.66. The Morgan fingerprint density at radius 1 is 0.933 bits per heavy atom. The van der Waals surface area contributed by atoms with Crippen LogP contribution >= 0.6 is 0 Å². The number of carboxylic acid groups (broad SMARTS) is 2. The van der Waals surface area contributed by atoms with E-state index in [0.29, 0.717) is 13.0 Å². The molecular weight excluding hydrogens is 200 g/mol. The first-order valence-electron chi connectivity index (χ1n) is 5.00. The first-order chi connectivity index (χ1) is 6.95. The second-order valence-electron chi connectivity index (χ2n) is 2.61. The average Bonchev–Trinajstić information content (AvgIpc) is 2.19. The molecule has 0 saturated carbocycles. The molecule has 0 unspecified atom stereocenters. The van der Waals surface area contributed by atoms with E-state index in [2.05, 4.69) is 0 Å². The maximum Gasteiger partial charge on any atom is 0.303 e. The van der Waals surface area contributed by atoms with E-state index in [1.54, 1.807) is 6.92 Å². The molecular formula is C10H22O5. The van der Waals surface area contributed by atoms with Gasteiger partial charge in [-0.1, -0.05) is 20.8 Å². The Labute approximate surface area is 90.7 Å². The van der Waals surface area contributed by atoms with Crippen LogP contribution in [-0.4, -0.2) is 33.9 Å². The summed E-state index contributed by atoms with van der Waals surface area (Å²) in [4.78, 5) is 19.0. The summed E-state index contributed by atoms with van der Waals surface area (Å²) in [6, 6.07) is 0. The molecule has 0 saturated heterocycles. The second kappa shape index (κ2) is 18.6. The van der Waals surface area contributed by atoms with Crippen LogP contribution in [-0.2, 0) is 9.59 Å². The van der Waals surface area contributed by atoms with Crippen molar-refractivity contribution >= 4 is 11.9 Å².